The fraction of sp³-hybridized carbons (Fsp3) is 0.429. The van der Waals surface area contributed by atoms with E-state index in [4.69, 9.17) is 4.74 Å². The van der Waals surface area contributed by atoms with Crippen molar-refractivity contribution in [2.45, 2.75) is 36.7 Å². The van der Waals surface area contributed by atoms with Crippen LogP contribution < -0.4 is 10.4 Å². The highest BCUT2D eigenvalue weighted by atomic mass is 32.2. The largest absolute Gasteiger partial charge is 0.497 e. The molecule has 2 aliphatic rings. The Labute approximate surface area is 174 Å². The van der Waals surface area contributed by atoms with Gasteiger partial charge in [-0.1, -0.05) is 0 Å². The second-order valence-corrected chi connectivity index (χ2v) is 9.97. The van der Waals surface area contributed by atoms with Crippen molar-refractivity contribution in [3.05, 3.63) is 53.1 Å². The zero-order chi connectivity index (χ0) is 20.9. The first-order valence-electron chi connectivity index (χ1n) is 10.2. The molecule has 3 heterocycles. The molecule has 0 N–H and O–H groups in total. The molecule has 9 heteroatoms. The zero-order valence-electron chi connectivity index (χ0n) is 16.8. The van der Waals surface area contributed by atoms with Crippen molar-refractivity contribution in [3.63, 3.8) is 0 Å². The number of hydrogen-bond donors (Lipinski definition) is 0. The molecule has 0 amide bonds. The lowest BCUT2D eigenvalue weighted by atomic mass is 10.2. The van der Waals surface area contributed by atoms with E-state index in [-0.39, 0.29) is 23.2 Å². The molecule has 158 valence electrons. The summed E-state index contributed by atoms with van der Waals surface area (Å²) in [5, 5.41) is 0. The second kappa shape index (κ2) is 7.24. The average molecular weight is 429 g/mol. The van der Waals surface area contributed by atoms with Gasteiger partial charge in [0, 0.05) is 25.8 Å². The normalized spacial score (nSPS) is 20.1. The van der Waals surface area contributed by atoms with Crippen molar-refractivity contribution in [3.8, 4) is 5.75 Å². The molecule has 1 aliphatic carbocycles. The number of imidazole rings is 1. The van der Waals surface area contributed by atoms with Crippen LogP contribution in [0.15, 0.2) is 52.3 Å². The van der Waals surface area contributed by atoms with E-state index < -0.39 is 10.0 Å². The van der Waals surface area contributed by atoms with Crippen molar-refractivity contribution in [2.75, 3.05) is 20.2 Å². The van der Waals surface area contributed by atoms with Crippen molar-refractivity contribution in [2.24, 2.45) is 5.92 Å². The van der Waals surface area contributed by atoms with Crippen LogP contribution in [-0.2, 0) is 16.6 Å². The highest BCUT2D eigenvalue weighted by Gasteiger charge is 2.36. The van der Waals surface area contributed by atoms with Gasteiger partial charge in [-0.05, 0) is 61.6 Å². The van der Waals surface area contributed by atoms with Gasteiger partial charge in [-0.25, -0.2) is 18.2 Å². The van der Waals surface area contributed by atoms with Gasteiger partial charge in [-0.3, -0.25) is 9.13 Å². The van der Waals surface area contributed by atoms with Crippen LogP contribution in [0.2, 0.25) is 0 Å². The lowest BCUT2D eigenvalue weighted by molar-refractivity contribution is 0.414. The fourth-order valence-electron chi connectivity index (χ4n) is 4.21. The van der Waals surface area contributed by atoms with Crippen LogP contribution in [0.1, 0.15) is 25.3 Å². The molecule has 30 heavy (non-hydrogen) atoms. The molecule has 1 aromatic carbocycles. The molecule has 8 nitrogen and oxygen atoms in total. The van der Waals surface area contributed by atoms with Crippen LogP contribution in [0.4, 0.5) is 0 Å². The minimum Gasteiger partial charge on any atom is -0.497 e. The molecule has 1 aliphatic heterocycles. The third kappa shape index (κ3) is 3.22. The minimum absolute atomic E-state index is 0.0932. The Bertz CT molecular complexity index is 1240. The first-order valence-corrected chi connectivity index (χ1v) is 11.6. The van der Waals surface area contributed by atoms with E-state index in [0.29, 0.717) is 36.8 Å². The Hall–Kier alpha value is -2.65. The number of benzene rings is 1. The third-order valence-electron chi connectivity index (χ3n) is 6.05. The summed E-state index contributed by atoms with van der Waals surface area (Å²) in [7, 11) is -2.10. The summed E-state index contributed by atoms with van der Waals surface area (Å²) in [5.74, 6) is 1.16. The van der Waals surface area contributed by atoms with Gasteiger partial charge in [0.25, 0.3) is 0 Å². The summed E-state index contributed by atoms with van der Waals surface area (Å²) in [6.07, 6.45) is 4.56. The molecule has 0 spiro atoms. The number of nitrogens with zero attached hydrogens (tertiary/aromatic N) is 4. The maximum atomic E-state index is 13.2. The number of methoxy groups -OCH3 is 1. The molecule has 0 unspecified atom stereocenters. The van der Waals surface area contributed by atoms with Crippen LogP contribution in [0, 0.1) is 5.92 Å². The molecular weight excluding hydrogens is 404 g/mol. The van der Waals surface area contributed by atoms with Gasteiger partial charge in [-0.15, -0.1) is 0 Å². The summed E-state index contributed by atoms with van der Waals surface area (Å²) < 4.78 is 36.3. The molecule has 2 aromatic heterocycles. The quantitative estimate of drug-likeness (QED) is 0.601. The molecule has 1 saturated carbocycles. The molecule has 0 bridgehead atoms. The maximum Gasteiger partial charge on any atom is 0.330 e. The monoisotopic (exact) mass is 428 g/mol. The number of ether oxygens (including phenoxy) is 1. The first kappa shape index (κ1) is 19.3. The summed E-state index contributed by atoms with van der Waals surface area (Å²) in [6, 6.07) is 9.91. The van der Waals surface area contributed by atoms with Crippen LogP contribution >= 0.6 is 0 Å². The van der Waals surface area contributed by atoms with Crippen molar-refractivity contribution >= 4 is 21.2 Å². The van der Waals surface area contributed by atoms with E-state index in [1.807, 2.05) is 12.1 Å². The lowest BCUT2D eigenvalue weighted by Crippen LogP contribution is -2.32. The van der Waals surface area contributed by atoms with E-state index in [2.05, 4.69) is 4.98 Å². The second-order valence-electron chi connectivity index (χ2n) is 8.03. The van der Waals surface area contributed by atoms with Gasteiger partial charge >= 0.3 is 5.69 Å². The highest BCUT2D eigenvalue weighted by Crippen LogP contribution is 2.33. The summed E-state index contributed by atoms with van der Waals surface area (Å²) >= 11 is 0. The molecule has 5 rings (SSSR count). The minimum atomic E-state index is -3.64. The van der Waals surface area contributed by atoms with Crippen molar-refractivity contribution in [1.82, 2.24) is 18.4 Å². The molecule has 3 aromatic rings. The van der Waals surface area contributed by atoms with Gasteiger partial charge in [0.15, 0.2) is 5.65 Å². The lowest BCUT2D eigenvalue weighted by Gasteiger charge is -2.17. The van der Waals surface area contributed by atoms with Gasteiger partial charge in [0.2, 0.25) is 10.0 Å². The van der Waals surface area contributed by atoms with Crippen LogP contribution in [-0.4, -0.2) is 47.0 Å². The number of rotatable bonds is 6. The summed E-state index contributed by atoms with van der Waals surface area (Å²) in [5.41, 5.74) is 1.37. The molecule has 1 saturated heterocycles. The molecule has 1 atom stereocenters. The Kier molecular flexibility index (Phi) is 4.67. The highest BCUT2D eigenvalue weighted by molar-refractivity contribution is 7.89. The fourth-order valence-corrected chi connectivity index (χ4v) is 5.70. The van der Waals surface area contributed by atoms with Gasteiger partial charge in [0.1, 0.15) is 5.75 Å². The van der Waals surface area contributed by atoms with Crippen molar-refractivity contribution in [1.29, 1.82) is 0 Å². The molecule has 0 radical (unpaired) electrons. The van der Waals surface area contributed by atoms with E-state index in [9.17, 15) is 13.2 Å². The summed E-state index contributed by atoms with van der Waals surface area (Å²) in [4.78, 5) is 17.9. The predicted molar refractivity (Wildman–Crippen MR) is 112 cm³/mol. The van der Waals surface area contributed by atoms with E-state index >= 15 is 0 Å². The average Bonchev–Trinajstić information content (AvgIpc) is 3.37. The van der Waals surface area contributed by atoms with Gasteiger partial charge in [0.05, 0.1) is 23.6 Å². The topological polar surface area (TPSA) is 86.4 Å². The molecular formula is C21H24N4O4S. The van der Waals surface area contributed by atoms with E-state index in [1.54, 1.807) is 46.7 Å². The van der Waals surface area contributed by atoms with Gasteiger partial charge < -0.3 is 4.74 Å². The van der Waals surface area contributed by atoms with E-state index in [0.717, 1.165) is 18.4 Å². The number of aromatic nitrogens is 3. The number of hydrogen-bond acceptors (Lipinski definition) is 5. The predicted octanol–water partition coefficient (Wildman–Crippen LogP) is 2.25. The number of fused-ring (bicyclic) bond motifs is 1. The third-order valence-corrected chi connectivity index (χ3v) is 7.93. The Morgan fingerprint density at radius 1 is 1.13 bits per heavy atom. The Morgan fingerprint density at radius 3 is 2.60 bits per heavy atom. The number of sulfonamides is 1. The maximum absolute atomic E-state index is 13.2. The van der Waals surface area contributed by atoms with Crippen LogP contribution in [0.5, 0.6) is 5.75 Å². The van der Waals surface area contributed by atoms with Crippen LogP contribution in [0.3, 0.4) is 0 Å². The summed E-state index contributed by atoms with van der Waals surface area (Å²) in [6.45, 7) is 1.33. The molecule has 2 fully saturated rings. The van der Waals surface area contributed by atoms with E-state index in [1.165, 1.54) is 4.31 Å². The SMILES string of the molecule is COc1ccc(S(=O)(=O)N2CC[C@@H](n3c(=O)n(CC4CC4)c4cccnc43)C2)cc1. The Morgan fingerprint density at radius 2 is 1.90 bits per heavy atom. The van der Waals surface area contributed by atoms with Gasteiger partial charge in [-0.2, -0.15) is 4.31 Å². The number of pyridine rings is 1. The smallest absolute Gasteiger partial charge is 0.330 e. The Balaban J connectivity index is 1.46. The zero-order valence-corrected chi connectivity index (χ0v) is 17.6. The first-order chi connectivity index (χ1) is 14.5. The van der Waals surface area contributed by atoms with Crippen LogP contribution in [0.25, 0.3) is 11.2 Å². The van der Waals surface area contributed by atoms with Crippen molar-refractivity contribution < 1.29 is 13.2 Å². The standard InChI is InChI=1S/C21H24N4O4S/c1-29-17-6-8-18(9-7-17)30(27,28)23-12-10-16(14-23)25-20-19(3-2-11-22-20)24(21(25)26)13-15-4-5-15/h2-3,6-9,11,15-16H,4-5,10,12-14H2,1H3/t16-/m1/s1.